The molecule has 0 radical (unpaired) electrons. The van der Waals surface area contributed by atoms with E-state index in [1.54, 1.807) is 21.9 Å². The number of amides is 2. The second-order valence-corrected chi connectivity index (χ2v) is 7.26. The van der Waals surface area contributed by atoms with Crippen LogP contribution in [0.25, 0.3) is 0 Å². The third kappa shape index (κ3) is 5.73. The lowest BCUT2D eigenvalue weighted by Gasteiger charge is -2.22. The fourth-order valence-electron chi connectivity index (χ4n) is 3.47. The number of carbonyl (C=O) groups is 2. The van der Waals surface area contributed by atoms with Crippen LogP contribution in [0.1, 0.15) is 35.7 Å². The van der Waals surface area contributed by atoms with E-state index in [9.17, 15) is 14.7 Å². The molecule has 1 N–H and O–H groups in total. The largest absolute Gasteiger partial charge is 0.508 e. The molecule has 1 aliphatic heterocycles. The van der Waals surface area contributed by atoms with Crippen molar-refractivity contribution >= 4 is 11.8 Å². The van der Waals surface area contributed by atoms with E-state index < -0.39 is 0 Å². The highest BCUT2D eigenvalue weighted by atomic mass is 16.5. The summed E-state index contributed by atoms with van der Waals surface area (Å²) in [4.78, 5) is 28.7. The molecule has 6 heteroatoms. The summed E-state index contributed by atoms with van der Waals surface area (Å²) >= 11 is 0. The van der Waals surface area contributed by atoms with Crippen LogP contribution in [0, 0.1) is 0 Å². The van der Waals surface area contributed by atoms with E-state index in [0.717, 1.165) is 12.8 Å². The van der Waals surface area contributed by atoms with Crippen molar-refractivity contribution in [3.05, 3.63) is 59.7 Å². The molecule has 1 saturated heterocycles. The Hall–Kier alpha value is -3.02. The van der Waals surface area contributed by atoms with Crippen LogP contribution in [-0.4, -0.2) is 59.5 Å². The average molecular weight is 396 g/mol. The van der Waals surface area contributed by atoms with Crippen LogP contribution in [0.2, 0.25) is 0 Å². The summed E-state index contributed by atoms with van der Waals surface area (Å²) in [6, 6.07) is 14.2. The zero-order chi connectivity index (χ0) is 20.6. The highest BCUT2D eigenvalue weighted by Crippen LogP contribution is 2.16. The minimum atomic E-state index is -0.126. The molecule has 0 saturated carbocycles. The Kier molecular flexibility index (Phi) is 7.11. The Morgan fingerprint density at radius 2 is 1.72 bits per heavy atom. The summed E-state index contributed by atoms with van der Waals surface area (Å²) in [5.41, 5.74) is 1.72. The van der Waals surface area contributed by atoms with Crippen molar-refractivity contribution < 1.29 is 19.4 Å². The van der Waals surface area contributed by atoms with Crippen molar-refractivity contribution in [1.82, 2.24) is 9.80 Å². The number of ether oxygens (including phenoxy) is 1. The molecule has 3 rings (SSSR count). The van der Waals surface area contributed by atoms with Gasteiger partial charge < -0.3 is 19.6 Å². The highest BCUT2D eigenvalue weighted by molar-refractivity contribution is 5.94. The first-order chi connectivity index (χ1) is 14.1. The second-order valence-electron chi connectivity index (χ2n) is 7.26. The van der Waals surface area contributed by atoms with Gasteiger partial charge in [-0.15, -0.1) is 0 Å². The van der Waals surface area contributed by atoms with E-state index in [0.29, 0.717) is 43.9 Å². The van der Waals surface area contributed by atoms with Gasteiger partial charge in [0.2, 0.25) is 0 Å². The van der Waals surface area contributed by atoms with Crippen molar-refractivity contribution in [2.45, 2.75) is 26.2 Å². The molecule has 2 aromatic carbocycles. The monoisotopic (exact) mass is 396 g/mol. The van der Waals surface area contributed by atoms with Crippen molar-refractivity contribution in [2.24, 2.45) is 0 Å². The summed E-state index contributed by atoms with van der Waals surface area (Å²) in [6.07, 6.45) is 2.84. The predicted molar refractivity (Wildman–Crippen MR) is 111 cm³/mol. The molecule has 154 valence electrons. The smallest absolute Gasteiger partial charge is 0.260 e. The fraction of sp³-hybridized carbons (Fsp3) is 0.391. The van der Waals surface area contributed by atoms with Gasteiger partial charge in [0.25, 0.3) is 11.8 Å². The fourth-order valence-corrected chi connectivity index (χ4v) is 3.47. The molecular weight excluding hydrogens is 368 g/mol. The molecule has 1 fully saturated rings. The first kappa shape index (κ1) is 20.7. The van der Waals surface area contributed by atoms with E-state index >= 15 is 0 Å². The molecule has 1 aliphatic rings. The second kappa shape index (κ2) is 9.96. The number of aryl methyl sites for hydroxylation is 1. The number of phenols is 1. The lowest BCUT2D eigenvalue weighted by molar-refractivity contribution is -0.133. The minimum absolute atomic E-state index is 0.00632. The van der Waals surface area contributed by atoms with Crippen LogP contribution in [0.5, 0.6) is 11.5 Å². The number of rotatable bonds is 6. The molecule has 0 unspecified atom stereocenters. The summed E-state index contributed by atoms with van der Waals surface area (Å²) < 4.78 is 5.65. The van der Waals surface area contributed by atoms with Gasteiger partial charge >= 0.3 is 0 Å². The number of carbonyl (C=O) groups excluding carboxylic acids is 2. The van der Waals surface area contributed by atoms with E-state index in [4.69, 9.17) is 4.74 Å². The Morgan fingerprint density at radius 3 is 2.45 bits per heavy atom. The Morgan fingerprint density at radius 1 is 1.00 bits per heavy atom. The van der Waals surface area contributed by atoms with Gasteiger partial charge in [-0.25, -0.2) is 0 Å². The van der Waals surface area contributed by atoms with Crippen LogP contribution >= 0.6 is 0 Å². The number of nitrogens with zero attached hydrogens (tertiary/aromatic N) is 2. The first-order valence-corrected chi connectivity index (χ1v) is 10.1. The Bertz CT molecular complexity index is 835. The van der Waals surface area contributed by atoms with Gasteiger partial charge in [-0.3, -0.25) is 9.59 Å². The standard InChI is InChI=1S/C23H28N2O4/c1-2-5-18-8-10-21(11-9-18)29-17-22(27)24-12-4-13-25(15-14-24)23(28)19-6-3-7-20(26)16-19/h3,6-11,16,26H,2,4-5,12-15,17H2,1H3. The number of benzene rings is 2. The zero-order valence-electron chi connectivity index (χ0n) is 16.8. The summed E-state index contributed by atoms with van der Waals surface area (Å²) in [5, 5.41) is 9.59. The lowest BCUT2D eigenvalue weighted by atomic mass is 10.1. The molecule has 0 atom stereocenters. The van der Waals surface area contributed by atoms with Gasteiger partial charge in [0.1, 0.15) is 11.5 Å². The molecule has 29 heavy (non-hydrogen) atoms. The molecule has 2 aromatic rings. The van der Waals surface area contributed by atoms with Crippen molar-refractivity contribution in [3.8, 4) is 11.5 Å². The predicted octanol–water partition coefficient (Wildman–Crippen LogP) is 3.10. The maximum absolute atomic E-state index is 12.7. The Labute approximate surface area is 171 Å². The van der Waals surface area contributed by atoms with Crippen LogP contribution in [0.4, 0.5) is 0 Å². The van der Waals surface area contributed by atoms with Gasteiger partial charge in [0, 0.05) is 31.7 Å². The molecule has 0 aromatic heterocycles. The van der Waals surface area contributed by atoms with Crippen LogP contribution < -0.4 is 4.74 Å². The number of phenolic OH excluding ortho intramolecular Hbond substituents is 1. The summed E-state index contributed by atoms with van der Waals surface area (Å²) in [7, 11) is 0. The number of hydrogen-bond donors (Lipinski definition) is 1. The van der Waals surface area contributed by atoms with Crippen LogP contribution in [-0.2, 0) is 11.2 Å². The summed E-state index contributed by atoms with van der Waals surface area (Å²) in [6.45, 7) is 4.25. The summed E-state index contributed by atoms with van der Waals surface area (Å²) in [5.74, 6) is 0.559. The quantitative estimate of drug-likeness (QED) is 0.815. The first-order valence-electron chi connectivity index (χ1n) is 10.1. The van der Waals surface area contributed by atoms with Gasteiger partial charge in [-0.1, -0.05) is 31.5 Å². The normalized spacial score (nSPS) is 14.4. The Balaban J connectivity index is 1.50. The third-order valence-corrected chi connectivity index (χ3v) is 5.05. The lowest BCUT2D eigenvalue weighted by Crippen LogP contribution is -2.39. The molecule has 1 heterocycles. The molecule has 0 aliphatic carbocycles. The molecule has 2 amide bonds. The van der Waals surface area contributed by atoms with Crippen molar-refractivity contribution in [2.75, 3.05) is 32.8 Å². The van der Waals surface area contributed by atoms with Crippen molar-refractivity contribution in [3.63, 3.8) is 0 Å². The topological polar surface area (TPSA) is 70.1 Å². The molecule has 0 bridgehead atoms. The zero-order valence-corrected chi connectivity index (χ0v) is 16.8. The van der Waals surface area contributed by atoms with E-state index in [1.807, 2.05) is 24.3 Å². The maximum atomic E-state index is 12.7. The van der Waals surface area contributed by atoms with Gasteiger partial charge in [0.15, 0.2) is 6.61 Å². The highest BCUT2D eigenvalue weighted by Gasteiger charge is 2.23. The van der Waals surface area contributed by atoms with Gasteiger partial charge in [0.05, 0.1) is 0 Å². The van der Waals surface area contributed by atoms with E-state index in [2.05, 4.69) is 6.92 Å². The minimum Gasteiger partial charge on any atom is -0.508 e. The number of aromatic hydroxyl groups is 1. The third-order valence-electron chi connectivity index (χ3n) is 5.05. The van der Waals surface area contributed by atoms with Gasteiger partial charge in [-0.05, 0) is 48.7 Å². The average Bonchev–Trinajstić information content (AvgIpc) is 2.99. The van der Waals surface area contributed by atoms with Crippen molar-refractivity contribution in [1.29, 1.82) is 0 Å². The molecule has 0 spiro atoms. The SMILES string of the molecule is CCCc1ccc(OCC(=O)N2CCCN(C(=O)c3cccc(O)c3)CC2)cc1. The van der Waals surface area contributed by atoms with Crippen LogP contribution in [0.15, 0.2) is 48.5 Å². The van der Waals surface area contributed by atoms with E-state index in [-0.39, 0.29) is 24.2 Å². The molecular formula is C23H28N2O4. The van der Waals surface area contributed by atoms with Crippen LogP contribution in [0.3, 0.4) is 0 Å². The number of hydrogen-bond acceptors (Lipinski definition) is 4. The molecule has 6 nitrogen and oxygen atoms in total. The maximum Gasteiger partial charge on any atom is 0.260 e. The van der Waals surface area contributed by atoms with Gasteiger partial charge in [-0.2, -0.15) is 0 Å². The van der Waals surface area contributed by atoms with E-state index in [1.165, 1.54) is 17.7 Å².